The average Bonchev–Trinajstić information content (AvgIpc) is 2.68. The molecule has 146 valence electrons. The van der Waals surface area contributed by atoms with Gasteiger partial charge in [-0.25, -0.2) is 4.98 Å². The normalized spacial score (nSPS) is 23.6. The summed E-state index contributed by atoms with van der Waals surface area (Å²) in [5, 5.41) is 12.7. The molecule has 1 aromatic heterocycles. The zero-order chi connectivity index (χ0) is 18.5. The molecular formula is C19H34N6O. The molecule has 1 atom stereocenters. The van der Waals surface area contributed by atoms with Crippen molar-refractivity contribution >= 4 is 11.8 Å². The Kier molecular flexibility index (Phi) is 6.67. The van der Waals surface area contributed by atoms with Gasteiger partial charge < -0.3 is 20.2 Å². The number of piperazine rings is 1. The molecule has 0 unspecified atom stereocenters. The molecule has 0 spiro atoms. The van der Waals surface area contributed by atoms with E-state index >= 15 is 0 Å². The van der Waals surface area contributed by atoms with Crippen molar-refractivity contribution in [2.75, 3.05) is 56.6 Å². The molecule has 2 fully saturated rings. The van der Waals surface area contributed by atoms with Crippen LogP contribution in [0.15, 0.2) is 12.3 Å². The standard InChI is InChI=1S/C19H34N6O/c1-15(2)23-9-5-16(6-10-23)25-12-11-24(14-17(25)7-13-26)19-21-8-4-18(20-3)22-19/h4,8,15-17,26H,5-7,9-14H2,1-3H3,(H,20,21,22)/t17-/m0/s1. The van der Waals surface area contributed by atoms with E-state index in [2.05, 4.69) is 43.8 Å². The summed E-state index contributed by atoms with van der Waals surface area (Å²) in [6.07, 6.45) is 5.08. The maximum absolute atomic E-state index is 9.59. The molecule has 0 bridgehead atoms. The fraction of sp³-hybridized carbons (Fsp3) is 0.789. The molecule has 0 radical (unpaired) electrons. The first kappa shape index (κ1) is 19.3. The molecule has 0 aliphatic carbocycles. The SMILES string of the molecule is CNc1ccnc(N2CCN(C3CCN(C(C)C)CC3)[C@@H](CCO)C2)n1. The largest absolute Gasteiger partial charge is 0.396 e. The van der Waals surface area contributed by atoms with Gasteiger partial charge in [0.05, 0.1) is 0 Å². The van der Waals surface area contributed by atoms with E-state index in [0.717, 1.165) is 37.8 Å². The Labute approximate surface area is 157 Å². The third kappa shape index (κ3) is 4.45. The second kappa shape index (κ2) is 8.97. The van der Waals surface area contributed by atoms with E-state index in [1.54, 1.807) is 0 Å². The number of hydrogen-bond donors (Lipinski definition) is 2. The van der Waals surface area contributed by atoms with Gasteiger partial charge in [0, 0.05) is 57.6 Å². The highest BCUT2D eigenvalue weighted by Gasteiger charge is 2.34. The Morgan fingerprint density at radius 2 is 2.00 bits per heavy atom. The minimum atomic E-state index is 0.233. The number of aromatic nitrogens is 2. The van der Waals surface area contributed by atoms with E-state index in [4.69, 9.17) is 0 Å². The Bertz CT molecular complexity index is 561. The molecular weight excluding hydrogens is 328 g/mol. The third-order valence-corrected chi connectivity index (χ3v) is 5.87. The van der Waals surface area contributed by atoms with Crippen LogP contribution >= 0.6 is 0 Å². The number of nitrogens with one attached hydrogen (secondary N) is 1. The molecule has 2 aliphatic rings. The number of rotatable bonds is 6. The molecule has 2 N–H and O–H groups in total. The summed E-state index contributed by atoms with van der Waals surface area (Å²) in [6, 6.07) is 3.52. The minimum absolute atomic E-state index is 0.233. The Morgan fingerprint density at radius 1 is 1.23 bits per heavy atom. The fourth-order valence-corrected chi connectivity index (χ4v) is 4.31. The lowest BCUT2D eigenvalue weighted by molar-refractivity contribution is 0.0461. The van der Waals surface area contributed by atoms with Gasteiger partial charge in [0.2, 0.25) is 5.95 Å². The lowest BCUT2D eigenvalue weighted by atomic mass is 9.97. The van der Waals surface area contributed by atoms with Crippen molar-refractivity contribution in [1.82, 2.24) is 19.8 Å². The number of nitrogens with zero attached hydrogens (tertiary/aromatic N) is 5. The zero-order valence-electron chi connectivity index (χ0n) is 16.4. The van der Waals surface area contributed by atoms with Crippen LogP contribution in [0.5, 0.6) is 0 Å². The van der Waals surface area contributed by atoms with Crippen LogP contribution in [-0.4, -0.2) is 89.4 Å². The van der Waals surface area contributed by atoms with Crippen molar-refractivity contribution < 1.29 is 5.11 Å². The molecule has 0 saturated carbocycles. The number of hydrogen-bond acceptors (Lipinski definition) is 7. The highest BCUT2D eigenvalue weighted by atomic mass is 16.3. The number of likely N-dealkylation sites (tertiary alicyclic amines) is 1. The molecule has 3 rings (SSSR count). The zero-order valence-corrected chi connectivity index (χ0v) is 16.4. The van der Waals surface area contributed by atoms with Crippen LogP contribution in [-0.2, 0) is 0 Å². The van der Waals surface area contributed by atoms with Crippen LogP contribution in [0, 0.1) is 0 Å². The maximum Gasteiger partial charge on any atom is 0.227 e. The molecule has 0 aromatic carbocycles. The molecule has 26 heavy (non-hydrogen) atoms. The molecule has 2 saturated heterocycles. The van der Waals surface area contributed by atoms with Gasteiger partial charge in [-0.15, -0.1) is 0 Å². The van der Waals surface area contributed by atoms with E-state index in [1.165, 1.54) is 25.9 Å². The van der Waals surface area contributed by atoms with Crippen LogP contribution < -0.4 is 10.2 Å². The van der Waals surface area contributed by atoms with Gasteiger partial charge >= 0.3 is 0 Å². The summed E-state index contributed by atoms with van der Waals surface area (Å²) < 4.78 is 0. The fourth-order valence-electron chi connectivity index (χ4n) is 4.31. The summed E-state index contributed by atoms with van der Waals surface area (Å²) in [6.45, 7) is 10.0. The highest BCUT2D eigenvalue weighted by Crippen LogP contribution is 2.25. The van der Waals surface area contributed by atoms with Crippen LogP contribution in [0.4, 0.5) is 11.8 Å². The summed E-state index contributed by atoms with van der Waals surface area (Å²) in [7, 11) is 1.88. The molecule has 0 amide bonds. The number of piperidine rings is 1. The maximum atomic E-state index is 9.59. The van der Waals surface area contributed by atoms with Crippen LogP contribution in [0.1, 0.15) is 33.1 Å². The molecule has 2 aliphatic heterocycles. The molecule has 1 aromatic rings. The van der Waals surface area contributed by atoms with Gasteiger partial charge in [0.25, 0.3) is 0 Å². The first-order valence-electron chi connectivity index (χ1n) is 9.98. The summed E-state index contributed by atoms with van der Waals surface area (Å²) in [5.74, 6) is 1.63. The van der Waals surface area contributed by atoms with Gasteiger partial charge in [-0.05, 0) is 52.3 Å². The summed E-state index contributed by atoms with van der Waals surface area (Å²) in [5.41, 5.74) is 0. The topological polar surface area (TPSA) is 67.8 Å². The number of anilines is 2. The third-order valence-electron chi connectivity index (χ3n) is 5.87. The second-order valence-electron chi connectivity index (χ2n) is 7.70. The van der Waals surface area contributed by atoms with E-state index in [9.17, 15) is 5.11 Å². The van der Waals surface area contributed by atoms with E-state index < -0.39 is 0 Å². The van der Waals surface area contributed by atoms with Gasteiger partial charge in [0.15, 0.2) is 0 Å². The lowest BCUT2D eigenvalue weighted by Gasteiger charge is -2.48. The molecule has 7 nitrogen and oxygen atoms in total. The van der Waals surface area contributed by atoms with Crippen LogP contribution in [0.3, 0.4) is 0 Å². The predicted octanol–water partition coefficient (Wildman–Crippen LogP) is 1.26. The van der Waals surface area contributed by atoms with E-state index in [1.807, 2.05) is 19.3 Å². The quantitative estimate of drug-likeness (QED) is 0.790. The van der Waals surface area contributed by atoms with Crippen molar-refractivity contribution in [3.8, 4) is 0 Å². The Balaban J connectivity index is 1.64. The van der Waals surface area contributed by atoms with Crippen molar-refractivity contribution in [3.63, 3.8) is 0 Å². The average molecular weight is 363 g/mol. The van der Waals surface area contributed by atoms with Crippen molar-refractivity contribution in [1.29, 1.82) is 0 Å². The Hall–Kier alpha value is -1.44. The molecule has 7 heteroatoms. The van der Waals surface area contributed by atoms with Crippen molar-refractivity contribution in [2.24, 2.45) is 0 Å². The lowest BCUT2D eigenvalue weighted by Crippen LogP contribution is -2.59. The van der Waals surface area contributed by atoms with Gasteiger partial charge in [-0.1, -0.05) is 0 Å². The molecule has 3 heterocycles. The van der Waals surface area contributed by atoms with E-state index in [-0.39, 0.29) is 6.61 Å². The van der Waals surface area contributed by atoms with Gasteiger partial charge in [-0.2, -0.15) is 4.98 Å². The highest BCUT2D eigenvalue weighted by molar-refractivity contribution is 5.41. The van der Waals surface area contributed by atoms with Crippen molar-refractivity contribution in [2.45, 2.75) is 51.2 Å². The monoisotopic (exact) mass is 362 g/mol. The van der Waals surface area contributed by atoms with E-state index in [0.29, 0.717) is 18.1 Å². The van der Waals surface area contributed by atoms with Crippen molar-refractivity contribution in [3.05, 3.63) is 12.3 Å². The first-order valence-corrected chi connectivity index (χ1v) is 9.98. The van der Waals surface area contributed by atoms with Crippen LogP contribution in [0.25, 0.3) is 0 Å². The van der Waals surface area contributed by atoms with Gasteiger partial charge in [-0.3, -0.25) is 4.90 Å². The summed E-state index contributed by atoms with van der Waals surface area (Å²) in [4.78, 5) is 16.5. The minimum Gasteiger partial charge on any atom is -0.396 e. The summed E-state index contributed by atoms with van der Waals surface area (Å²) >= 11 is 0. The first-order chi connectivity index (χ1) is 12.6. The van der Waals surface area contributed by atoms with Gasteiger partial charge in [0.1, 0.15) is 5.82 Å². The number of aliphatic hydroxyl groups is 1. The second-order valence-corrected chi connectivity index (χ2v) is 7.70. The Morgan fingerprint density at radius 3 is 2.65 bits per heavy atom. The smallest absolute Gasteiger partial charge is 0.227 e. The number of aliphatic hydroxyl groups excluding tert-OH is 1. The van der Waals surface area contributed by atoms with Crippen LogP contribution in [0.2, 0.25) is 0 Å². The predicted molar refractivity (Wildman–Crippen MR) is 106 cm³/mol.